The second-order valence-electron chi connectivity index (χ2n) is 6.24. The minimum absolute atomic E-state index is 0.105. The number of amides is 1. The number of benzene rings is 1. The number of anilines is 1. The third-order valence-corrected chi connectivity index (χ3v) is 5.48. The van der Waals surface area contributed by atoms with Crippen LogP contribution in [0.5, 0.6) is 0 Å². The van der Waals surface area contributed by atoms with Crippen molar-refractivity contribution < 1.29 is 14.3 Å². The van der Waals surface area contributed by atoms with Gasteiger partial charge in [0, 0.05) is 18.4 Å². The number of nitrogens with zero attached hydrogens (tertiary/aromatic N) is 1. The summed E-state index contributed by atoms with van der Waals surface area (Å²) in [5.74, 6) is -0.105. The van der Waals surface area contributed by atoms with Crippen LogP contribution in [0.1, 0.15) is 22.5 Å². The highest BCUT2D eigenvalue weighted by molar-refractivity contribution is 7.98. The van der Waals surface area contributed by atoms with Gasteiger partial charge in [0.25, 0.3) is 5.91 Å². The maximum Gasteiger partial charge on any atom is 0.273 e. The molecule has 0 spiro atoms. The standard InChI is InChI=1S/C19H21N3O3S/c1-13(20-7-6-15-12-24-9-10-25-15)14-4-5-18-16(11-14)21-19(23)17-3-2-8-22(17)26-18/h2-5,8,11,15,20H,1,6-7,9-10,12H2,(H,21,23). The van der Waals surface area contributed by atoms with Gasteiger partial charge >= 0.3 is 0 Å². The number of aromatic nitrogens is 1. The van der Waals surface area contributed by atoms with Crippen LogP contribution >= 0.6 is 11.9 Å². The molecule has 1 fully saturated rings. The zero-order valence-electron chi connectivity index (χ0n) is 14.4. The van der Waals surface area contributed by atoms with Gasteiger partial charge in [0.05, 0.1) is 36.5 Å². The predicted molar refractivity (Wildman–Crippen MR) is 102 cm³/mol. The SMILES string of the molecule is C=C(NCCC1COCCO1)c1ccc2c(c1)NC(=O)c1cccn1S2. The van der Waals surface area contributed by atoms with Crippen LogP contribution in [0.25, 0.3) is 5.70 Å². The summed E-state index contributed by atoms with van der Waals surface area (Å²) in [6, 6.07) is 9.67. The lowest BCUT2D eigenvalue weighted by molar-refractivity contribution is -0.0899. The van der Waals surface area contributed by atoms with E-state index in [0.29, 0.717) is 25.5 Å². The van der Waals surface area contributed by atoms with Crippen molar-refractivity contribution in [2.45, 2.75) is 17.4 Å². The highest BCUT2D eigenvalue weighted by Gasteiger charge is 2.20. The van der Waals surface area contributed by atoms with Gasteiger partial charge in [-0.2, -0.15) is 0 Å². The van der Waals surface area contributed by atoms with Crippen molar-refractivity contribution in [2.75, 3.05) is 31.7 Å². The largest absolute Gasteiger partial charge is 0.385 e. The molecule has 1 saturated heterocycles. The first-order valence-corrected chi connectivity index (χ1v) is 9.41. The average Bonchev–Trinajstić information content (AvgIpc) is 3.07. The normalized spacial score (nSPS) is 19.1. The number of hydrogen-bond donors (Lipinski definition) is 2. The van der Waals surface area contributed by atoms with Crippen LogP contribution in [0.2, 0.25) is 0 Å². The van der Waals surface area contributed by atoms with Gasteiger partial charge in [0.15, 0.2) is 0 Å². The Hall–Kier alpha value is -2.22. The Balaban J connectivity index is 1.41. The van der Waals surface area contributed by atoms with Crippen molar-refractivity contribution in [3.8, 4) is 0 Å². The average molecular weight is 371 g/mol. The number of nitrogens with one attached hydrogen (secondary N) is 2. The molecule has 2 aliphatic heterocycles. The zero-order chi connectivity index (χ0) is 17.9. The smallest absolute Gasteiger partial charge is 0.273 e. The van der Waals surface area contributed by atoms with E-state index < -0.39 is 0 Å². The first-order valence-electron chi connectivity index (χ1n) is 8.64. The minimum Gasteiger partial charge on any atom is -0.385 e. The molecule has 1 aromatic heterocycles. The lowest BCUT2D eigenvalue weighted by Crippen LogP contribution is -2.31. The van der Waals surface area contributed by atoms with E-state index in [4.69, 9.17) is 9.47 Å². The molecule has 7 heteroatoms. The molecule has 3 heterocycles. The number of carbonyl (C=O) groups excluding carboxylic acids is 1. The summed E-state index contributed by atoms with van der Waals surface area (Å²) in [5.41, 5.74) is 3.22. The van der Waals surface area contributed by atoms with Gasteiger partial charge in [-0.1, -0.05) is 12.6 Å². The van der Waals surface area contributed by atoms with Crippen LogP contribution in [-0.2, 0) is 9.47 Å². The topological polar surface area (TPSA) is 64.5 Å². The van der Waals surface area contributed by atoms with Gasteiger partial charge < -0.3 is 20.1 Å². The lowest BCUT2D eigenvalue weighted by atomic mass is 10.1. The van der Waals surface area contributed by atoms with Gasteiger partial charge in [-0.25, -0.2) is 0 Å². The molecule has 1 aromatic carbocycles. The fraction of sp³-hybridized carbons (Fsp3) is 0.316. The molecule has 6 nitrogen and oxygen atoms in total. The maximum atomic E-state index is 12.3. The molecule has 26 heavy (non-hydrogen) atoms. The highest BCUT2D eigenvalue weighted by Crippen LogP contribution is 2.34. The van der Waals surface area contributed by atoms with Crippen molar-refractivity contribution >= 4 is 29.2 Å². The Bertz CT molecular complexity index is 827. The number of rotatable bonds is 5. The molecular formula is C19H21N3O3S. The quantitative estimate of drug-likeness (QED) is 0.846. The molecular weight excluding hydrogens is 350 g/mol. The van der Waals surface area contributed by atoms with Crippen LogP contribution in [0.4, 0.5) is 5.69 Å². The molecule has 0 saturated carbocycles. The molecule has 1 atom stereocenters. The first-order chi connectivity index (χ1) is 12.7. The van der Waals surface area contributed by atoms with E-state index in [9.17, 15) is 4.79 Å². The Morgan fingerprint density at radius 2 is 2.31 bits per heavy atom. The summed E-state index contributed by atoms with van der Waals surface area (Å²) < 4.78 is 12.9. The minimum atomic E-state index is -0.105. The molecule has 1 amide bonds. The van der Waals surface area contributed by atoms with E-state index in [1.54, 1.807) is 0 Å². The van der Waals surface area contributed by atoms with Gasteiger partial charge in [-0.15, -0.1) is 0 Å². The summed E-state index contributed by atoms with van der Waals surface area (Å²) in [6.45, 7) is 6.87. The number of ether oxygens (including phenoxy) is 2. The van der Waals surface area contributed by atoms with Crippen LogP contribution < -0.4 is 10.6 Å². The summed E-state index contributed by atoms with van der Waals surface area (Å²) in [6.07, 6.45) is 2.90. The summed E-state index contributed by atoms with van der Waals surface area (Å²) in [7, 11) is 0. The zero-order valence-corrected chi connectivity index (χ0v) is 15.2. The first kappa shape index (κ1) is 17.2. The lowest BCUT2D eigenvalue weighted by Gasteiger charge is -2.23. The Morgan fingerprint density at radius 1 is 1.38 bits per heavy atom. The van der Waals surface area contributed by atoms with Gasteiger partial charge in [-0.05, 0) is 48.2 Å². The Labute approximate surface area is 156 Å². The maximum absolute atomic E-state index is 12.3. The molecule has 1 unspecified atom stereocenters. The van der Waals surface area contributed by atoms with Crippen LogP contribution in [-0.4, -0.2) is 42.3 Å². The second kappa shape index (κ2) is 7.57. The number of hydrogen-bond acceptors (Lipinski definition) is 5. The predicted octanol–water partition coefficient (Wildman–Crippen LogP) is 2.98. The molecule has 2 aliphatic rings. The van der Waals surface area contributed by atoms with Gasteiger partial charge in [-0.3, -0.25) is 8.77 Å². The Morgan fingerprint density at radius 3 is 3.15 bits per heavy atom. The van der Waals surface area contributed by atoms with Crippen molar-refractivity contribution in [3.05, 3.63) is 54.4 Å². The van der Waals surface area contributed by atoms with E-state index in [-0.39, 0.29) is 12.0 Å². The van der Waals surface area contributed by atoms with Crippen molar-refractivity contribution in [1.29, 1.82) is 0 Å². The summed E-state index contributed by atoms with van der Waals surface area (Å²) in [4.78, 5) is 13.3. The third kappa shape index (κ3) is 3.65. The van der Waals surface area contributed by atoms with E-state index in [0.717, 1.165) is 34.8 Å². The van der Waals surface area contributed by atoms with E-state index in [2.05, 4.69) is 17.2 Å². The molecule has 0 aliphatic carbocycles. The second-order valence-corrected chi connectivity index (χ2v) is 7.25. The van der Waals surface area contributed by atoms with E-state index >= 15 is 0 Å². The Kier molecular flexibility index (Phi) is 5.01. The summed E-state index contributed by atoms with van der Waals surface area (Å²) >= 11 is 1.52. The fourth-order valence-electron chi connectivity index (χ4n) is 3.00. The van der Waals surface area contributed by atoms with Gasteiger partial charge in [0.1, 0.15) is 5.69 Å². The van der Waals surface area contributed by atoms with Gasteiger partial charge in [0.2, 0.25) is 0 Å². The summed E-state index contributed by atoms with van der Waals surface area (Å²) in [5, 5.41) is 6.32. The molecule has 2 aromatic rings. The molecule has 136 valence electrons. The van der Waals surface area contributed by atoms with Crippen molar-refractivity contribution in [2.24, 2.45) is 0 Å². The van der Waals surface area contributed by atoms with Crippen molar-refractivity contribution in [1.82, 2.24) is 9.29 Å². The molecule has 4 rings (SSSR count). The van der Waals surface area contributed by atoms with E-state index in [1.165, 1.54) is 11.9 Å². The van der Waals surface area contributed by atoms with Crippen LogP contribution in [0, 0.1) is 0 Å². The third-order valence-electron chi connectivity index (χ3n) is 4.41. The van der Waals surface area contributed by atoms with Crippen molar-refractivity contribution in [3.63, 3.8) is 0 Å². The molecule has 0 bridgehead atoms. The van der Waals surface area contributed by atoms with Crippen LogP contribution in [0.3, 0.4) is 0 Å². The van der Waals surface area contributed by atoms with Crippen LogP contribution in [0.15, 0.2) is 48.0 Å². The van der Waals surface area contributed by atoms with E-state index in [1.807, 2.05) is 40.5 Å². The molecule has 0 radical (unpaired) electrons. The fourth-order valence-corrected chi connectivity index (χ4v) is 3.92. The number of fused-ring (bicyclic) bond motifs is 2. The number of carbonyl (C=O) groups is 1. The highest BCUT2D eigenvalue weighted by atomic mass is 32.2. The molecule has 2 N–H and O–H groups in total. The monoisotopic (exact) mass is 371 g/mol.